The van der Waals surface area contributed by atoms with Crippen molar-refractivity contribution in [1.82, 2.24) is 24.5 Å². The second-order valence-corrected chi connectivity index (χ2v) is 7.88. The fourth-order valence-corrected chi connectivity index (χ4v) is 3.38. The van der Waals surface area contributed by atoms with Crippen molar-refractivity contribution in [1.29, 1.82) is 0 Å². The van der Waals surface area contributed by atoms with Gasteiger partial charge in [0.15, 0.2) is 17.3 Å². The Balaban J connectivity index is 0.000000403. The molecular weight excluding hydrogens is 372 g/mol. The molecule has 1 aromatic carbocycles. The lowest BCUT2D eigenvalue weighted by molar-refractivity contribution is 0.434. The van der Waals surface area contributed by atoms with Crippen LogP contribution in [0.2, 0.25) is 5.02 Å². The Morgan fingerprint density at radius 3 is 2.39 bits per heavy atom. The zero-order valence-corrected chi connectivity index (χ0v) is 18.2. The second kappa shape index (κ2) is 8.88. The molecule has 1 aliphatic heterocycles. The van der Waals surface area contributed by atoms with Gasteiger partial charge >= 0.3 is 0 Å². The lowest BCUT2D eigenvalue weighted by Crippen LogP contribution is -2.21. The molecule has 3 aromatic rings. The maximum atomic E-state index is 6.22. The number of hydrogen-bond acceptors (Lipinski definition) is 5. The molecular formula is C21H29ClN6. The second-order valence-electron chi connectivity index (χ2n) is 7.47. The third-order valence-corrected chi connectivity index (χ3v) is 5.50. The highest BCUT2D eigenvalue weighted by molar-refractivity contribution is 6.31. The molecule has 0 atom stereocenters. The van der Waals surface area contributed by atoms with Crippen molar-refractivity contribution in [3.05, 3.63) is 40.7 Å². The van der Waals surface area contributed by atoms with Gasteiger partial charge < -0.3 is 9.80 Å². The molecule has 2 aromatic heterocycles. The minimum absolute atomic E-state index is 0.773. The molecule has 0 aliphatic carbocycles. The van der Waals surface area contributed by atoms with Gasteiger partial charge in [-0.15, -0.1) is 10.2 Å². The third-order valence-electron chi connectivity index (χ3n) is 5.09. The summed E-state index contributed by atoms with van der Waals surface area (Å²) in [7, 11) is 4.11. The van der Waals surface area contributed by atoms with Gasteiger partial charge in [-0.2, -0.15) is 0 Å². The van der Waals surface area contributed by atoms with E-state index < -0.39 is 0 Å². The molecule has 0 unspecified atom stereocenters. The summed E-state index contributed by atoms with van der Waals surface area (Å²) in [5.74, 6) is 1.68. The number of nitrogens with zero attached hydrogens (tertiary/aromatic N) is 6. The number of benzene rings is 1. The number of hydrogen-bond donors (Lipinski definition) is 0. The van der Waals surface area contributed by atoms with Crippen molar-refractivity contribution < 1.29 is 0 Å². The van der Waals surface area contributed by atoms with Gasteiger partial charge in [0.1, 0.15) is 0 Å². The topological polar surface area (TPSA) is 49.6 Å². The first-order chi connectivity index (χ1) is 13.4. The molecule has 1 saturated heterocycles. The van der Waals surface area contributed by atoms with Gasteiger partial charge in [-0.3, -0.25) is 4.40 Å². The Labute approximate surface area is 172 Å². The van der Waals surface area contributed by atoms with Crippen molar-refractivity contribution >= 4 is 23.1 Å². The fourth-order valence-electron chi connectivity index (χ4n) is 3.17. The number of halogens is 1. The van der Waals surface area contributed by atoms with Crippen LogP contribution in [0.4, 0.5) is 5.82 Å². The summed E-state index contributed by atoms with van der Waals surface area (Å²) in [6.07, 6.45) is 6.15. The van der Waals surface area contributed by atoms with E-state index in [0.29, 0.717) is 0 Å². The van der Waals surface area contributed by atoms with Crippen LogP contribution in [0.15, 0.2) is 24.5 Å². The van der Waals surface area contributed by atoms with Crippen molar-refractivity contribution in [3.63, 3.8) is 0 Å². The summed E-state index contributed by atoms with van der Waals surface area (Å²) in [4.78, 5) is 8.90. The molecule has 3 heterocycles. The SMILES string of the molecule is CCN(C)C.Cc1cc(-c2nnc(N3CCCC3)c3nccn23)c(C)cc1Cl. The molecule has 7 heteroatoms. The van der Waals surface area contributed by atoms with Crippen LogP contribution in [0, 0.1) is 13.8 Å². The van der Waals surface area contributed by atoms with Crippen molar-refractivity contribution in [2.45, 2.75) is 33.6 Å². The van der Waals surface area contributed by atoms with Crippen LogP contribution in [-0.2, 0) is 0 Å². The number of rotatable bonds is 3. The van der Waals surface area contributed by atoms with Gasteiger partial charge in [-0.25, -0.2) is 4.98 Å². The first-order valence-corrected chi connectivity index (χ1v) is 10.2. The Bertz CT molecular complexity index is 943. The smallest absolute Gasteiger partial charge is 0.195 e. The van der Waals surface area contributed by atoms with E-state index in [4.69, 9.17) is 11.6 Å². The van der Waals surface area contributed by atoms with Crippen LogP contribution in [0.5, 0.6) is 0 Å². The molecule has 1 fully saturated rings. The average molecular weight is 401 g/mol. The van der Waals surface area contributed by atoms with Crippen LogP contribution in [0.3, 0.4) is 0 Å². The molecule has 4 rings (SSSR count). The number of anilines is 1. The molecule has 1 aliphatic rings. The highest BCUT2D eigenvalue weighted by atomic mass is 35.5. The molecule has 0 radical (unpaired) electrons. The van der Waals surface area contributed by atoms with Crippen molar-refractivity contribution in [2.24, 2.45) is 0 Å². The predicted octanol–water partition coefficient (Wildman–Crippen LogP) is 4.23. The molecule has 0 spiro atoms. The standard InChI is InChI=1S/C17H18ClN5.C4H11N/c1-11-10-14(18)12(2)9-13(11)15-20-21-17(22-6-3-4-7-22)16-19-5-8-23(15)16;1-4-5(2)3/h5,8-10H,3-4,6-7H2,1-2H3;4H2,1-3H3. The Kier molecular flexibility index (Phi) is 6.52. The van der Waals surface area contributed by atoms with E-state index in [1.54, 1.807) is 6.20 Å². The van der Waals surface area contributed by atoms with Crippen LogP contribution < -0.4 is 4.90 Å². The molecule has 0 bridgehead atoms. The highest BCUT2D eigenvalue weighted by Gasteiger charge is 2.20. The first kappa shape index (κ1) is 20.6. The summed E-state index contributed by atoms with van der Waals surface area (Å²) in [5, 5.41) is 9.78. The van der Waals surface area contributed by atoms with Gasteiger partial charge in [0, 0.05) is 36.1 Å². The molecule has 6 nitrogen and oxygen atoms in total. The number of aryl methyl sites for hydroxylation is 2. The highest BCUT2D eigenvalue weighted by Crippen LogP contribution is 2.30. The largest absolute Gasteiger partial charge is 0.352 e. The van der Waals surface area contributed by atoms with Crippen LogP contribution in [0.1, 0.15) is 30.9 Å². The molecule has 0 N–H and O–H groups in total. The third kappa shape index (κ3) is 4.28. The Morgan fingerprint density at radius 1 is 1.07 bits per heavy atom. The summed E-state index contributed by atoms with van der Waals surface area (Å²) in [6, 6.07) is 4.04. The molecule has 150 valence electrons. The normalized spacial score (nSPS) is 13.9. The van der Waals surface area contributed by atoms with Crippen LogP contribution in [0.25, 0.3) is 17.0 Å². The maximum absolute atomic E-state index is 6.22. The van der Waals surface area contributed by atoms with Gasteiger partial charge in [0.05, 0.1) is 0 Å². The summed E-state index contributed by atoms with van der Waals surface area (Å²) < 4.78 is 2.02. The Morgan fingerprint density at radius 2 is 1.75 bits per heavy atom. The quantitative estimate of drug-likeness (QED) is 0.658. The molecule has 0 saturated carbocycles. The molecule has 0 amide bonds. The zero-order chi connectivity index (χ0) is 20.3. The van der Waals surface area contributed by atoms with E-state index in [1.807, 2.05) is 30.5 Å². The van der Waals surface area contributed by atoms with E-state index in [-0.39, 0.29) is 0 Å². The minimum Gasteiger partial charge on any atom is -0.352 e. The number of fused-ring (bicyclic) bond motifs is 1. The van der Waals surface area contributed by atoms with E-state index >= 15 is 0 Å². The van der Waals surface area contributed by atoms with E-state index in [1.165, 1.54) is 12.8 Å². The van der Waals surface area contributed by atoms with Gasteiger partial charge in [-0.1, -0.05) is 18.5 Å². The minimum atomic E-state index is 0.773. The monoisotopic (exact) mass is 400 g/mol. The number of imidazole rings is 1. The Hall–Kier alpha value is -2.18. The maximum Gasteiger partial charge on any atom is 0.195 e. The van der Waals surface area contributed by atoms with E-state index in [9.17, 15) is 0 Å². The molecule has 28 heavy (non-hydrogen) atoms. The van der Waals surface area contributed by atoms with Gasteiger partial charge in [0.2, 0.25) is 0 Å². The predicted molar refractivity (Wildman–Crippen MR) is 116 cm³/mol. The lowest BCUT2D eigenvalue weighted by Gasteiger charge is -2.17. The van der Waals surface area contributed by atoms with Gasteiger partial charge in [-0.05, 0) is 70.6 Å². The lowest BCUT2D eigenvalue weighted by atomic mass is 10.0. The average Bonchev–Trinajstić information content (AvgIpc) is 3.36. The van der Waals surface area contributed by atoms with E-state index in [2.05, 4.69) is 52.1 Å². The van der Waals surface area contributed by atoms with Crippen LogP contribution >= 0.6 is 11.6 Å². The van der Waals surface area contributed by atoms with Crippen molar-refractivity contribution in [2.75, 3.05) is 38.6 Å². The van der Waals surface area contributed by atoms with Crippen molar-refractivity contribution in [3.8, 4) is 11.4 Å². The number of aromatic nitrogens is 4. The summed E-state index contributed by atoms with van der Waals surface area (Å²) in [5.41, 5.74) is 4.02. The summed E-state index contributed by atoms with van der Waals surface area (Å²) >= 11 is 6.22. The van der Waals surface area contributed by atoms with E-state index in [0.717, 1.165) is 58.6 Å². The zero-order valence-electron chi connectivity index (χ0n) is 17.4. The van der Waals surface area contributed by atoms with Gasteiger partial charge in [0.25, 0.3) is 0 Å². The fraction of sp³-hybridized carbons (Fsp3) is 0.476. The van der Waals surface area contributed by atoms with Crippen LogP contribution in [-0.4, -0.2) is 58.2 Å². The first-order valence-electron chi connectivity index (χ1n) is 9.79. The summed E-state index contributed by atoms with van der Waals surface area (Å²) in [6.45, 7) is 9.35.